The second kappa shape index (κ2) is 18.4. The molecule has 0 saturated carbocycles. The van der Waals surface area contributed by atoms with Crippen molar-refractivity contribution in [3.63, 3.8) is 0 Å². The minimum Gasteiger partial charge on any atom is -0.497 e. The summed E-state index contributed by atoms with van der Waals surface area (Å²) in [4.78, 5) is 4.58. The van der Waals surface area contributed by atoms with Crippen molar-refractivity contribution in [3.05, 3.63) is 78.4 Å². The molecule has 3 aromatic carbocycles. The molecule has 0 atom stereocenters. The Kier molecular flexibility index (Phi) is 13.9. The SMILES string of the molecule is COc1ccc(N(c2ccc(CN3CCOCCOCCOCCOCCOCC3)cc2)c2ccc(OC)cc2)cc1. The van der Waals surface area contributed by atoms with E-state index in [1.54, 1.807) is 14.2 Å². The van der Waals surface area contributed by atoms with E-state index in [9.17, 15) is 0 Å². The molecule has 1 aliphatic rings. The van der Waals surface area contributed by atoms with Gasteiger partial charge in [-0.05, 0) is 66.2 Å². The fraction of sp³-hybridized carbons (Fsp3) is 0.455. The molecule has 9 nitrogen and oxygen atoms in total. The Hall–Kier alpha value is -3.18. The highest BCUT2D eigenvalue weighted by atomic mass is 16.6. The fourth-order valence-corrected chi connectivity index (χ4v) is 4.56. The predicted octanol–water partition coefficient (Wildman–Crippen LogP) is 5.07. The molecule has 0 bridgehead atoms. The molecular formula is C33H44N2O7. The van der Waals surface area contributed by atoms with Crippen LogP contribution in [0.4, 0.5) is 17.1 Å². The maximum Gasteiger partial charge on any atom is 0.119 e. The van der Waals surface area contributed by atoms with Crippen LogP contribution < -0.4 is 14.4 Å². The predicted molar refractivity (Wildman–Crippen MR) is 164 cm³/mol. The first-order valence-corrected chi connectivity index (χ1v) is 14.5. The van der Waals surface area contributed by atoms with Crippen LogP contribution in [-0.4, -0.2) is 98.3 Å². The van der Waals surface area contributed by atoms with Gasteiger partial charge in [-0.25, -0.2) is 0 Å². The second-order valence-corrected chi connectivity index (χ2v) is 9.74. The van der Waals surface area contributed by atoms with Gasteiger partial charge in [0.1, 0.15) is 11.5 Å². The molecule has 0 unspecified atom stereocenters. The van der Waals surface area contributed by atoms with Gasteiger partial charge < -0.3 is 38.1 Å². The standard InChI is InChI=1S/C33H44N2O7/c1-36-32-11-7-30(8-12-32)35(31-9-13-33(37-2)14-10-31)29-5-3-28(4-6-29)27-34-15-17-38-19-21-40-23-25-42-26-24-41-22-20-39-18-16-34/h3-14H,15-27H2,1-2H3. The Labute approximate surface area is 249 Å². The van der Waals surface area contributed by atoms with Crippen molar-refractivity contribution in [1.29, 1.82) is 0 Å². The molecule has 0 aliphatic carbocycles. The van der Waals surface area contributed by atoms with E-state index in [-0.39, 0.29) is 0 Å². The van der Waals surface area contributed by atoms with Crippen LogP contribution in [0.25, 0.3) is 0 Å². The highest BCUT2D eigenvalue weighted by molar-refractivity contribution is 5.77. The van der Waals surface area contributed by atoms with Gasteiger partial charge in [-0.1, -0.05) is 12.1 Å². The fourth-order valence-electron chi connectivity index (χ4n) is 4.56. The Morgan fingerprint density at radius 3 is 1.19 bits per heavy atom. The minimum atomic E-state index is 0.558. The molecule has 0 amide bonds. The molecule has 1 aliphatic heterocycles. The summed E-state index contributed by atoms with van der Waals surface area (Å²) in [5, 5.41) is 0. The number of anilines is 3. The van der Waals surface area contributed by atoms with Crippen molar-refractivity contribution in [2.75, 3.05) is 98.3 Å². The van der Waals surface area contributed by atoms with Gasteiger partial charge in [0.2, 0.25) is 0 Å². The molecule has 0 N–H and O–H groups in total. The molecule has 1 fully saturated rings. The topological polar surface area (TPSA) is 71.1 Å². The number of ether oxygens (including phenoxy) is 7. The first kappa shape index (κ1) is 31.7. The van der Waals surface area contributed by atoms with Gasteiger partial charge in [0.15, 0.2) is 0 Å². The van der Waals surface area contributed by atoms with Gasteiger partial charge in [0, 0.05) is 36.7 Å². The highest BCUT2D eigenvalue weighted by Crippen LogP contribution is 2.36. The molecule has 0 aromatic heterocycles. The van der Waals surface area contributed by atoms with E-state index in [1.165, 1.54) is 5.56 Å². The maximum atomic E-state index is 5.84. The minimum absolute atomic E-state index is 0.558. The van der Waals surface area contributed by atoms with Crippen molar-refractivity contribution in [3.8, 4) is 11.5 Å². The molecular weight excluding hydrogens is 536 g/mol. The summed E-state index contributed by atoms with van der Waals surface area (Å²) in [5.74, 6) is 1.64. The Morgan fingerprint density at radius 2 is 0.833 bits per heavy atom. The normalized spacial score (nSPS) is 17.1. The largest absolute Gasteiger partial charge is 0.497 e. The van der Waals surface area contributed by atoms with Crippen LogP contribution in [0.2, 0.25) is 0 Å². The summed E-state index contributed by atoms with van der Waals surface area (Å²) >= 11 is 0. The van der Waals surface area contributed by atoms with E-state index < -0.39 is 0 Å². The van der Waals surface area contributed by atoms with E-state index in [4.69, 9.17) is 33.2 Å². The van der Waals surface area contributed by atoms with Crippen molar-refractivity contribution in [2.45, 2.75) is 6.54 Å². The quantitative estimate of drug-likeness (QED) is 0.381. The maximum absolute atomic E-state index is 5.84. The van der Waals surface area contributed by atoms with E-state index in [0.29, 0.717) is 66.1 Å². The summed E-state index contributed by atoms with van der Waals surface area (Å²) < 4.78 is 39.1. The highest BCUT2D eigenvalue weighted by Gasteiger charge is 2.14. The van der Waals surface area contributed by atoms with Gasteiger partial charge in [0.05, 0.1) is 80.3 Å². The van der Waals surface area contributed by atoms with E-state index in [0.717, 1.165) is 48.2 Å². The monoisotopic (exact) mass is 580 g/mol. The van der Waals surface area contributed by atoms with Gasteiger partial charge in [-0.15, -0.1) is 0 Å². The molecule has 228 valence electrons. The van der Waals surface area contributed by atoms with Crippen LogP contribution in [0.15, 0.2) is 72.8 Å². The van der Waals surface area contributed by atoms with Crippen LogP contribution in [0.1, 0.15) is 5.56 Å². The molecule has 0 radical (unpaired) electrons. The van der Waals surface area contributed by atoms with Crippen molar-refractivity contribution in [2.24, 2.45) is 0 Å². The number of methoxy groups -OCH3 is 2. The number of hydrogen-bond donors (Lipinski definition) is 0. The second-order valence-electron chi connectivity index (χ2n) is 9.74. The lowest BCUT2D eigenvalue weighted by molar-refractivity contribution is -0.0189. The number of hydrogen-bond acceptors (Lipinski definition) is 9. The lowest BCUT2D eigenvalue weighted by atomic mass is 10.1. The van der Waals surface area contributed by atoms with E-state index >= 15 is 0 Å². The number of benzene rings is 3. The van der Waals surface area contributed by atoms with Gasteiger partial charge >= 0.3 is 0 Å². The Morgan fingerprint density at radius 1 is 0.500 bits per heavy atom. The average Bonchev–Trinajstić information content (AvgIpc) is 3.03. The molecule has 42 heavy (non-hydrogen) atoms. The van der Waals surface area contributed by atoms with Crippen LogP contribution in [0.5, 0.6) is 11.5 Å². The third kappa shape index (κ3) is 10.6. The first-order valence-electron chi connectivity index (χ1n) is 14.5. The average molecular weight is 581 g/mol. The van der Waals surface area contributed by atoms with Gasteiger partial charge in [-0.3, -0.25) is 4.90 Å². The Bertz CT molecular complexity index is 1060. The molecule has 1 saturated heterocycles. The smallest absolute Gasteiger partial charge is 0.119 e. The summed E-state index contributed by atoms with van der Waals surface area (Å²) in [6.45, 7) is 8.13. The zero-order valence-electron chi connectivity index (χ0n) is 24.9. The summed E-state index contributed by atoms with van der Waals surface area (Å²) in [7, 11) is 3.36. The van der Waals surface area contributed by atoms with E-state index in [1.807, 2.05) is 24.3 Å². The van der Waals surface area contributed by atoms with Crippen molar-refractivity contribution in [1.82, 2.24) is 4.90 Å². The van der Waals surface area contributed by atoms with Crippen LogP contribution in [0.3, 0.4) is 0 Å². The van der Waals surface area contributed by atoms with Crippen LogP contribution in [0, 0.1) is 0 Å². The third-order valence-electron chi connectivity index (χ3n) is 6.85. The molecule has 1 heterocycles. The molecule has 0 spiro atoms. The van der Waals surface area contributed by atoms with Gasteiger partial charge in [0.25, 0.3) is 0 Å². The summed E-state index contributed by atoms with van der Waals surface area (Å²) in [6, 6.07) is 24.9. The van der Waals surface area contributed by atoms with Crippen LogP contribution >= 0.6 is 0 Å². The van der Waals surface area contributed by atoms with Crippen molar-refractivity contribution < 1.29 is 33.2 Å². The zero-order valence-corrected chi connectivity index (χ0v) is 24.9. The number of rotatable bonds is 7. The lowest BCUT2D eigenvalue weighted by Gasteiger charge is -2.26. The Balaban J connectivity index is 1.42. The lowest BCUT2D eigenvalue weighted by Crippen LogP contribution is -2.31. The summed E-state index contributed by atoms with van der Waals surface area (Å²) in [6.07, 6.45) is 0. The third-order valence-corrected chi connectivity index (χ3v) is 6.85. The van der Waals surface area contributed by atoms with E-state index in [2.05, 4.69) is 58.3 Å². The first-order chi connectivity index (χ1) is 20.8. The molecule has 4 rings (SSSR count). The van der Waals surface area contributed by atoms with Crippen LogP contribution in [-0.2, 0) is 30.2 Å². The summed E-state index contributed by atoms with van der Waals surface area (Å²) in [5.41, 5.74) is 4.36. The molecule has 3 aromatic rings. The van der Waals surface area contributed by atoms with Gasteiger partial charge in [-0.2, -0.15) is 0 Å². The zero-order chi connectivity index (χ0) is 29.2. The molecule has 9 heteroatoms. The number of nitrogens with zero attached hydrogens (tertiary/aromatic N) is 2. The van der Waals surface area contributed by atoms with Crippen molar-refractivity contribution >= 4 is 17.1 Å².